The lowest BCUT2D eigenvalue weighted by Gasteiger charge is -2.05. The number of rotatable bonds is 7. The lowest BCUT2D eigenvalue weighted by Crippen LogP contribution is -2.23. The van der Waals surface area contributed by atoms with E-state index in [2.05, 4.69) is 18.3 Å². The molecule has 0 atom stereocenters. The molecule has 19 heavy (non-hydrogen) atoms. The summed E-state index contributed by atoms with van der Waals surface area (Å²) in [6.07, 6.45) is 3.57. The lowest BCUT2D eigenvalue weighted by molar-refractivity contribution is 0.0991. The summed E-state index contributed by atoms with van der Waals surface area (Å²) >= 11 is 0. The van der Waals surface area contributed by atoms with Gasteiger partial charge in [-0.2, -0.15) is 0 Å². The molecule has 0 heterocycles. The minimum Gasteiger partial charge on any atom is -0.310 e. The van der Waals surface area contributed by atoms with Crippen molar-refractivity contribution in [2.75, 3.05) is 13.1 Å². The maximum absolute atomic E-state index is 12.1. The topological polar surface area (TPSA) is 29.1 Å². The molecule has 2 rings (SSSR count). The first-order valence-corrected chi connectivity index (χ1v) is 7.04. The predicted octanol–water partition coefficient (Wildman–Crippen LogP) is 3.80. The third kappa shape index (κ3) is 3.90. The number of carbonyl (C=O) groups is 1. The molecule has 2 aromatic carbocycles. The van der Waals surface area contributed by atoms with E-state index in [4.69, 9.17) is 0 Å². The van der Waals surface area contributed by atoms with Crippen molar-refractivity contribution in [2.45, 2.75) is 26.2 Å². The van der Waals surface area contributed by atoms with Crippen molar-refractivity contribution in [2.24, 2.45) is 0 Å². The largest absolute Gasteiger partial charge is 0.310 e. The molecule has 0 aliphatic carbocycles. The highest BCUT2D eigenvalue weighted by Crippen LogP contribution is 2.15. The number of carbonyl (C=O) groups excluding carboxylic acids is 1. The molecular formula is C17H21NO. The molecule has 0 bridgehead atoms. The maximum atomic E-state index is 12.1. The summed E-state index contributed by atoms with van der Waals surface area (Å²) in [5.41, 5.74) is 0.793. The van der Waals surface area contributed by atoms with E-state index in [0.29, 0.717) is 6.54 Å². The van der Waals surface area contributed by atoms with Crippen LogP contribution in [0.15, 0.2) is 42.5 Å². The van der Waals surface area contributed by atoms with Crippen LogP contribution in [0.3, 0.4) is 0 Å². The second kappa shape index (κ2) is 7.05. The Morgan fingerprint density at radius 3 is 2.63 bits per heavy atom. The fourth-order valence-corrected chi connectivity index (χ4v) is 2.17. The summed E-state index contributed by atoms with van der Waals surface area (Å²) in [6.45, 7) is 3.54. The van der Waals surface area contributed by atoms with E-state index in [-0.39, 0.29) is 5.78 Å². The predicted molar refractivity (Wildman–Crippen MR) is 80.7 cm³/mol. The first kappa shape index (κ1) is 13.8. The number of ketones is 1. The number of unbranched alkanes of at least 4 members (excludes halogenated alkanes) is 2. The Kier molecular flexibility index (Phi) is 5.10. The van der Waals surface area contributed by atoms with Gasteiger partial charge in [0.1, 0.15) is 0 Å². The molecule has 0 aliphatic heterocycles. The summed E-state index contributed by atoms with van der Waals surface area (Å²) in [4.78, 5) is 12.1. The van der Waals surface area contributed by atoms with E-state index in [1.165, 1.54) is 18.2 Å². The average Bonchev–Trinajstić information content (AvgIpc) is 2.46. The molecule has 100 valence electrons. The van der Waals surface area contributed by atoms with Crippen LogP contribution in [0.1, 0.15) is 36.5 Å². The van der Waals surface area contributed by atoms with Crippen LogP contribution in [0.5, 0.6) is 0 Å². The van der Waals surface area contributed by atoms with Crippen molar-refractivity contribution in [3.05, 3.63) is 48.0 Å². The summed E-state index contributed by atoms with van der Waals surface area (Å²) in [5, 5.41) is 5.52. The highest BCUT2D eigenvalue weighted by Gasteiger charge is 2.05. The highest BCUT2D eigenvalue weighted by molar-refractivity contribution is 6.01. The molecule has 0 saturated carbocycles. The second-order valence-electron chi connectivity index (χ2n) is 4.87. The van der Waals surface area contributed by atoms with Gasteiger partial charge >= 0.3 is 0 Å². The molecule has 0 unspecified atom stereocenters. The third-order valence-electron chi connectivity index (χ3n) is 3.31. The SMILES string of the molecule is CCCCCNCC(=O)c1ccc2ccccc2c1. The van der Waals surface area contributed by atoms with Crippen molar-refractivity contribution < 1.29 is 4.79 Å². The van der Waals surface area contributed by atoms with Crippen molar-refractivity contribution in [3.8, 4) is 0 Å². The van der Waals surface area contributed by atoms with Gasteiger partial charge in [0.2, 0.25) is 0 Å². The van der Waals surface area contributed by atoms with E-state index in [1.807, 2.05) is 36.4 Å². The molecule has 2 heteroatoms. The second-order valence-corrected chi connectivity index (χ2v) is 4.87. The van der Waals surface area contributed by atoms with Crippen molar-refractivity contribution in [3.63, 3.8) is 0 Å². The molecule has 0 spiro atoms. The number of hydrogen-bond acceptors (Lipinski definition) is 2. The Morgan fingerprint density at radius 1 is 1.05 bits per heavy atom. The zero-order valence-electron chi connectivity index (χ0n) is 11.5. The van der Waals surface area contributed by atoms with Gasteiger partial charge in [0.15, 0.2) is 5.78 Å². The molecule has 2 nitrogen and oxygen atoms in total. The summed E-state index contributed by atoms with van der Waals surface area (Å²) in [6, 6.07) is 14.0. The summed E-state index contributed by atoms with van der Waals surface area (Å²) in [7, 11) is 0. The van der Waals surface area contributed by atoms with Crippen molar-refractivity contribution >= 4 is 16.6 Å². The molecule has 0 saturated heterocycles. The zero-order valence-corrected chi connectivity index (χ0v) is 11.5. The van der Waals surface area contributed by atoms with Crippen molar-refractivity contribution in [1.29, 1.82) is 0 Å². The molecule has 0 aliphatic rings. The van der Waals surface area contributed by atoms with Crippen LogP contribution >= 0.6 is 0 Å². The van der Waals surface area contributed by atoms with Gasteiger partial charge in [0.25, 0.3) is 0 Å². The number of benzene rings is 2. The van der Waals surface area contributed by atoms with Gasteiger partial charge in [0.05, 0.1) is 6.54 Å². The monoisotopic (exact) mass is 255 g/mol. The zero-order chi connectivity index (χ0) is 13.5. The molecule has 1 N–H and O–H groups in total. The third-order valence-corrected chi connectivity index (χ3v) is 3.31. The number of fused-ring (bicyclic) bond motifs is 1. The Balaban J connectivity index is 1.93. The van der Waals surface area contributed by atoms with Crippen LogP contribution in [-0.4, -0.2) is 18.9 Å². The van der Waals surface area contributed by atoms with Crippen LogP contribution in [0.4, 0.5) is 0 Å². The summed E-state index contributed by atoms with van der Waals surface area (Å²) < 4.78 is 0. The Labute approximate surface area is 114 Å². The molecule has 2 aromatic rings. The number of nitrogens with one attached hydrogen (secondary N) is 1. The highest BCUT2D eigenvalue weighted by atomic mass is 16.1. The van der Waals surface area contributed by atoms with Crippen LogP contribution in [-0.2, 0) is 0 Å². The van der Waals surface area contributed by atoms with Gasteiger partial charge in [-0.15, -0.1) is 0 Å². The minimum atomic E-state index is 0.169. The van der Waals surface area contributed by atoms with E-state index < -0.39 is 0 Å². The van der Waals surface area contributed by atoms with Crippen LogP contribution in [0.25, 0.3) is 10.8 Å². The Bertz CT molecular complexity index is 548. The first-order chi connectivity index (χ1) is 9.31. The molecule has 0 fully saturated rings. The average molecular weight is 255 g/mol. The van der Waals surface area contributed by atoms with Gasteiger partial charge in [-0.1, -0.05) is 56.2 Å². The van der Waals surface area contributed by atoms with Crippen molar-refractivity contribution in [1.82, 2.24) is 5.32 Å². The summed E-state index contributed by atoms with van der Waals surface area (Å²) in [5.74, 6) is 0.169. The normalized spacial score (nSPS) is 10.8. The quantitative estimate of drug-likeness (QED) is 0.602. The van der Waals surface area contributed by atoms with Crippen LogP contribution in [0, 0.1) is 0 Å². The van der Waals surface area contributed by atoms with Gasteiger partial charge < -0.3 is 5.32 Å². The molecule has 0 aromatic heterocycles. The molecule has 0 amide bonds. The Hall–Kier alpha value is -1.67. The first-order valence-electron chi connectivity index (χ1n) is 7.04. The number of hydrogen-bond donors (Lipinski definition) is 1. The standard InChI is InChI=1S/C17H21NO/c1-2-3-6-11-18-13-17(19)16-10-9-14-7-4-5-8-15(14)12-16/h4-5,7-10,12,18H,2-3,6,11,13H2,1H3. The maximum Gasteiger partial charge on any atom is 0.176 e. The van der Waals surface area contributed by atoms with E-state index in [1.54, 1.807) is 0 Å². The number of Topliss-reactive ketones (excluding diaryl/α,β-unsaturated/α-hetero) is 1. The Morgan fingerprint density at radius 2 is 1.84 bits per heavy atom. The van der Waals surface area contributed by atoms with Crippen LogP contribution < -0.4 is 5.32 Å². The van der Waals surface area contributed by atoms with E-state index in [0.717, 1.165) is 23.9 Å². The lowest BCUT2D eigenvalue weighted by atomic mass is 10.0. The smallest absolute Gasteiger partial charge is 0.176 e. The molecular weight excluding hydrogens is 234 g/mol. The van der Waals surface area contributed by atoms with Gasteiger partial charge in [0, 0.05) is 5.56 Å². The van der Waals surface area contributed by atoms with Gasteiger partial charge in [-0.25, -0.2) is 0 Å². The van der Waals surface area contributed by atoms with Crippen LogP contribution in [0.2, 0.25) is 0 Å². The fourth-order valence-electron chi connectivity index (χ4n) is 2.17. The fraction of sp³-hybridized carbons (Fsp3) is 0.353. The van der Waals surface area contributed by atoms with E-state index >= 15 is 0 Å². The molecule has 0 radical (unpaired) electrons. The minimum absolute atomic E-state index is 0.169. The van der Waals surface area contributed by atoms with Gasteiger partial charge in [-0.3, -0.25) is 4.79 Å². The van der Waals surface area contributed by atoms with Gasteiger partial charge in [-0.05, 0) is 29.8 Å². The van der Waals surface area contributed by atoms with E-state index in [9.17, 15) is 4.79 Å².